The minimum Gasteiger partial charge on any atom is -0.372 e. The molecule has 0 aromatic heterocycles. The Bertz CT molecular complexity index is 368. The number of halogens is 1. The molecule has 0 bridgehead atoms. The summed E-state index contributed by atoms with van der Waals surface area (Å²) in [5, 5.41) is 3.33. The molecule has 20 heavy (non-hydrogen) atoms. The van der Waals surface area contributed by atoms with Gasteiger partial charge in [0.2, 0.25) is 0 Å². The molecular weight excluding hydrogens is 253 g/mol. The third-order valence-electron chi connectivity index (χ3n) is 3.28. The summed E-state index contributed by atoms with van der Waals surface area (Å²) in [6, 6.07) is 7.26. The van der Waals surface area contributed by atoms with Crippen LogP contribution in [0.25, 0.3) is 0 Å². The van der Waals surface area contributed by atoms with Crippen molar-refractivity contribution >= 4 is 0 Å². The zero-order valence-electron chi connectivity index (χ0n) is 13.0. The summed E-state index contributed by atoms with van der Waals surface area (Å²) in [6.07, 6.45) is 4.46. The van der Waals surface area contributed by atoms with E-state index in [4.69, 9.17) is 4.74 Å². The van der Waals surface area contributed by atoms with Gasteiger partial charge in [0.1, 0.15) is 5.82 Å². The van der Waals surface area contributed by atoms with Gasteiger partial charge in [-0.15, -0.1) is 0 Å². The van der Waals surface area contributed by atoms with Gasteiger partial charge in [0.05, 0.1) is 6.10 Å². The number of hydrogen-bond acceptors (Lipinski definition) is 2. The molecule has 0 fully saturated rings. The van der Waals surface area contributed by atoms with Crippen molar-refractivity contribution in [3.05, 3.63) is 35.6 Å². The molecular formula is C17H28FNO. The maximum atomic E-state index is 13.9. The second-order valence-electron chi connectivity index (χ2n) is 5.50. The first-order valence-corrected chi connectivity index (χ1v) is 7.74. The number of ether oxygens (including phenoxy) is 1. The van der Waals surface area contributed by atoms with Gasteiger partial charge in [-0.25, -0.2) is 4.39 Å². The highest BCUT2D eigenvalue weighted by Gasteiger charge is 2.16. The van der Waals surface area contributed by atoms with Crippen LogP contribution < -0.4 is 5.32 Å². The number of nitrogens with one attached hydrogen (secondary N) is 1. The van der Waals surface area contributed by atoms with E-state index in [0.29, 0.717) is 24.8 Å². The molecule has 1 unspecified atom stereocenters. The molecule has 0 heterocycles. The van der Waals surface area contributed by atoms with Crippen LogP contribution in [0.2, 0.25) is 0 Å². The van der Waals surface area contributed by atoms with Gasteiger partial charge in [-0.1, -0.05) is 58.2 Å². The zero-order valence-corrected chi connectivity index (χ0v) is 13.0. The summed E-state index contributed by atoms with van der Waals surface area (Å²) >= 11 is 0. The topological polar surface area (TPSA) is 21.3 Å². The van der Waals surface area contributed by atoms with Crippen LogP contribution in [0.3, 0.4) is 0 Å². The molecule has 1 rings (SSSR count). The molecule has 1 aromatic carbocycles. The fraction of sp³-hybridized carbons (Fsp3) is 0.647. The number of benzene rings is 1. The minimum absolute atomic E-state index is 0.184. The number of rotatable bonds is 10. The van der Waals surface area contributed by atoms with E-state index >= 15 is 0 Å². The third kappa shape index (κ3) is 6.49. The van der Waals surface area contributed by atoms with E-state index in [1.807, 2.05) is 12.1 Å². The van der Waals surface area contributed by atoms with Gasteiger partial charge in [0.25, 0.3) is 0 Å². The van der Waals surface area contributed by atoms with Crippen LogP contribution in [0, 0.1) is 5.82 Å². The highest BCUT2D eigenvalue weighted by Crippen LogP contribution is 2.20. The van der Waals surface area contributed by atoms with Gasteiger partial charge in [-0.2, -0.15) is 0 Å². The van der Waals surface area contributed by atoms with Gasteiger partial charge in [0, 0.05) is 24.8 Å². The fourth-order valence-electron chi connectivity index (χ4n) is 2.09. The molecule has 0 aliphatic heterocycles. The van der Waals surface area contributed by atoms with Crippen molar-refractivity contribution in [1.29, 1.82) is 0 Å². The fourth-order valence-corrected chi connectivity index (χ4v) is 2.09. The van der Waals surface area contributed by atoms with Gasteiger partial charge >= 0.3 is 0 Å². The van der Waals surface area contributed by atoms with Gasteiger partial charge < -0.3 is 10.1 Å². The first-order chi connectivity index (χ1) is 9.65. The van der Waals surface area contributed by atoms with Gasteiger partial charge in [-0.05, 0) is 12.5 Å². The Morgan fingerprint density at radius 3 is 2.55 bits per heavy atom. The van der Waals surface area contributed by atoms with Crippen LogP contribution in [-0.2, 0) is 4.74 Å². The molecule has 3 heteroatoms. The lowest BCUT2D eigenvalue weighted by molar-refractivity contribution is 0.0463. The monoisotopic (exact) mass is 281 g/mol. The standard InChI is InChI=1S/C17H28FNO/c1-4-5-6-9-12-20-17(13-19-14(2)3)15-10-7-8-11-16(15)18/h7-8,10-11,14,17,19H,4-6,9,12-13H2,1-3H3. The van der Waals surface area contributed by atoms with Crippen LogP contribution in [0.4, 0.5) is 4.39 Å². The summed E-state index contributed by atoms with van der Waals surface area (Å²) in [4.78, 5) is 0. The van der Waals surface area contributed by atoms with Crippen molar-refractivity contribution in [2.75, 3.05) is 13.2 Å². The zero-order chi connectivity index (χ0) is 14.8. The van der Waals surface area contributed by atoms with E-state index in [0.717, 1.165) is 6.42 Å². The van der Waals surface area contributed by atoms with Crippen LogP contribution in [0.15, 0.2) is 24.3 Å². The quantitative estimate of drug-likeness (QED) is 0.639. The van der Waals surface area contributed by atoms with Crippen LogP contribution in [0.5, 0.6) is 0 Å². The van der Waals surface area contributed by atoms with Crippen molar-refractivity contribution < 1.29 is 9.13 Å². The summed E-state index contributed by atoms with van der Waals surface area (Å²) in [6.45, 7) is 7.69. The second kappa shape index (κ2) is 9.89. The Balaban J connectivity index is 2.54. The molecule has 0 aliphatic rings. The Kier molecular flexibility index (Phi) is 8.47. The molecule has 0 amide bonds. The average molecular weight is 281 g/mol. The minimum atomic E-state index is -0.208. The summed E-state index contributed by atoms with van der Waals surface area (Å²) < 4.78 is 19.8. The SMILES string of the molecule is CCCCCCOC(CNC(C)C)c1ccccc1F. The van der Waals surface area contributed by atoms with Crippen molar-refractivity contribution in [2.24, 2.45) is 0 Å². The highest BCUT2D eigenvalue weighted by atomic mass is 19.1. The van der Waals surface area contributed by atoms with Crippen molar-refractivity contribution in [2.45, 2.75) is 58.6 Å². The molecule has 0 radical (unpaired) electrons. The van der Waals surface area contributed by atoms with Crippen LogP contribution >= 0.6 is 0 Å². The Labute approximate surface area is 122 Å². The molecule has 0 saturated heterocycles. The molecule has 2 nitrogen and oxygen atoms in total. The molecule has 114 valence electrons. The van der Waals surface area contributed by atoms with Gasteiger partial charge in [-0.3, -0.25) is 0 Å². The Morgan fingerprint density at radius 1 is 1.15 bits per heavy atom. The number of unbranched alkanes of at least 4 members (excludes halogenated alkanes) is 3. The predicted octanol–water partition coefficient (Wildman–Crippen LogP) is 4.46. The molecule has 1 aromatic rings. The molecule has 1 atom stereocenters. The van der Waals surface area contributed by atoms with Crippen LogP contribution in [-0.4, -0.2) is 19.2 Å². The van der Waals surface area contributed by atoms with E-state index in [1.165, 1.54) is 25.3 Å². The van der Waals surface area contributed by atoms with E-state index in [9.17, 15) is 4.39 Å². The summed E-state index contributed by atoms with van der Waals surface area (Å²) in [5.41, 5.74) is 0.649. The molecule has 1 N–H and O–H groups in total. The van der Waals surface area contributed by atoms with Crippen molar-refractivity contribution in [3.8, 4) is 0 Å². The lowest BCUT2D eigenvalue weighted by atomic mass is 10.1. The summed E-state index contributed by atoms with van der Waals surface area (Å²) in [7, 11) is 0. The Hall–Kier alpha value is -0.930. The van der Waals surface area contributed by atoms with E-state index in [-0.39, 0.29) is 11.9 Å². The maximum absolute atomic E-state index is 13.9. The average Bonchev–Trinajstić information content (AvgIpc) is 2.43. The van der Waals surface area contributed by atoms with Crippen LogP contribution in [0.1, 0.15) is 58.1 Å². The lowest BCUT2D eigenvalue weighted by Gasteiger charge is -2.21. The lowest BCUT2D eigenvalue weighted by Crippen LogP contribution is -2.29. The Morgan fingerprint density at radius 2 is 1.90 bits per heavy atom. The molecule has 0 saturated carbocycles. The highest BCUT2D eigenvalue weighted by molar-refractivity contribution is 5.20. The number of hydrogen-bond donors (Lipinski definition) is 1. The van der Waals surface area contributed by atoms with E-state index in [1.54, 1.807) is 6.07 Å². The normalized spacial score (nSPS) is 12.8. The van der Waals surface area contributed by atoms with E-state index in [2.05, 4.69) is 26.1 Å². The molecule has 0 aliphatic carbocycles. The summed E-state index contributed by atoms with van der Waals surface area (Å²) in [5.74, 6) is -0.184. The van der Waals surface area contributed by atoms with Crippen molar-refractivity contribution in [3.63, 3.8) is 0 Å². The third-order valence-corrected chi connectivity index (χ3v) is 3.28. The largest absolute Gasteiger partial charge is 0.372 e. The van der Waals surface area contributed by atoms with Crippen molar-refractivity contribution in [1.82, 2.24) is 5.32 Å². The first-order valence-electron chi connectivity index (χ1n) is 7.74. The van der Waals surface area contributed by atoms with Gasteiger partial charge in [0.15, 0.2) is 0 Å². The second-order valence-corrected chi connectivity index (χ2v) is 5.50. The predicted molar refractivity (Wildman–Crippen MR) is 82.4 cm³/mol. The maximum Gasteiger partial charge on any atom is 0.129 e. The first kappa shape index (κ1) is 17.1. The smallest absolute Gasteiger partial charge is 0.129 e. The van der Waals surface area contributed by atoms with E-state index < -0.39 is 0 Å². The molecule has 0 spiro atoms.